The third kappa shape index (κ3) is 9.37. The second-order valence-electron chi connectivity index (χ2n) is 14.5. The van der Waals surface area contributed by atoms with Crippen molar-refractivity contribution in [1.29, 1.82) is 0 Å². The lowest BCUT2D eigenvalue weighted by molar-refractivity contribution is -0.125. The zero-order chi connectivity index (χ0) is 40.7. The number of hydrogen-bond acceptors (Lipinski definition) is 8. The van der Waals surface area contributed by atoms with Crippen molar-refractivity contribution in [1.82, 2.24) is 25.2 Å². The predicted octanol–water partition coefficient (Wildman–Crippen LogP) is 4.67. The monoisotopic (exact) mass is 796 g/mol. The number of nitrogens with one attached hydrogen (secondary N) is 3. The van der Waals surface area contributed by atoms with Gasteiger partial charge in [-0.3, -0.25) is 24.2 Å². The van der Waals surface area contributed by atoms with Crippen LogP contribution in [0.2, 0.25) is 5.02 Å². The van der Waals surface area contributed by atoms with Crippen molar-refractivity contribution in [3.05, 3.63) is 76.6 Å². The predicted molar refractivity (Wildman–Crippen MR) is 221 cm³/mol. The standard InChI is InChI=1S/C41H49ClN10O5/c1-3-57-32-21-28(14-11-24(32)13-16-33(53)50-30(36(43)54)10-6-19-46-40(44)45)49-39(56)41(17-7-18-41)51-38(55)26-12-15-29-31(20-26)52(2)35(34(29)25-8-4-5-9-25)37-47-22-27(42)23-48-37/h11-16,20-23,25,30H,3-10,17-19H2,1-2H3,(H2,43,54)(H,49,56)(H,50,53)(H,51,55)(H4,44,45,46)/b16-13+/t30-/m0/s1. The highest BCUT2D eigenvalue weighted by atomic mass is 35.5. The molecule has 6 rings (SSSR count). The maximum Gasteiger partial charge on any atom is 0.252 e. The van der Waals surface area contributed by atoms with Crippen LogP contribution in [-0.2, 0) is 21.4 Å². The summed E-state index contributed by atoms with van der Waals surface area (Å²) in [6, 6.07) is 9.83. The van der Waals surface area contributed by atoms with Crippen LogP contribution in [0.3, 0.4) is 0 Å². The zero-order valence-electron chi connectivity index (χ0n) is 32.1. The fourth-order valence-corrected chi connectivity index (χ4v) is 7.72. The molecule has 2 aliphatic rings. The van der Waals surface area contributed by atoms with Gasteiger partial charge in [-0.15, -0.1) is 0 Å². The van der Waals surface area contributed by atoms with Gasteiger partial charge in [0.15, 0.2) is 11.8 Å². The second kappa shape index (κ2) is 17.9. The highest BCUT2D eigenvalue weighted by Gasteiger charge is 2.45. The first-order valence-corrected chi connectivity index (χ1v) is 19.6. The highest BCUT2D eigenvalue weighted by molar-refractivity contribution is 6.30. The third-order valence-electron chi connectivity index (χ3n) is 10.7. The Labute approximate surface area is 335 Å². The molecule has 2 aliphatic carbocycles. The van der Waals surface area contributed by atoms with Gasteiger partial charge in [0.2, 0.25) is 17.7 Å². The van der Waals surface area contributed by atoms with Gasteiger partial charge < -0.3 is 42.5 Å². The van der Waals surface area contributed by atoms with Crippen LogP contribution in [0.15, 0.2) is 59.9 Å². The molecule has 2 fully saturated rings. The number of carbonyl (C=O) groups is 4. The van der Waals surface area contributed by atoms with Crippen LogP contribution in [0.1, 0.15) is 92.1 Å². The number of carbonyl (C=O) groups excluding carboxylic acids is 4. The van der Waals surface area contributed by atoms with E-state index in [0.717, 1.165) is 48.7 Å². The largest absolute Gasteiger partial charge is 0.493 e. The van der Waals surface area contributed by atoms with Gasteiger partial charge in [-0.05, 0) is 93.7 Å². The van der Waals surface area contributed by atoms with Crippen molar-refractivity contribution in [2.24, 2.45) is 29.2 Å². The average molecular weight is 797 g/mol. The zero-order valence-corrected chi connectivity index (χ0v) is 32.9. The van der Waals surface area contributed by atoms with Crippen LogP contribution in [0.25, 0.3) is 28.5 Å². The number of nitrogens with zero attached hydrogens (tertiary/aromatic N) is 4. The van der Waals surface area contributed by atoms with Crippen LogP contribution < -0.4 is 37.9 Å². The SMILES string of the molecule is CCOc1cc(NC(=O)C2(NC(=O)c3ccc4c(C5CCCC5)c(-c5ncc(Cl)cn5)n(C)c4c3)CCC2)ccc1/C=C/C(=O)N[C@@H](CCCN=C(N)N)C(N)=O. The number of halogens is 1. The molecule has 4 aromatic rings. The molecule has 16 heteroatoms. The first kappa shape index (κ1) is 40.7. The number of aromatic nitrogens is 3. The summed E-state index contributed by atoms with van der Waals surface area (Å²) in [5.41, 5.74) is 19.5. The molecule has 2 saturated carbocycles. The Kier molecular flexibility index (Phi) is 12.8. The number of rotatable bonds is 16. The van der Waals surface area contributed by atoms with Crippen LogP contribution in [0.4, 0.5) is 5.69 Å². The first-order valence-electron chi connectivity index (χ1n) is 19.2. The summed E-state index contributed by atoms with van der Waals surface area (Å²) < 4.78 is 7.89. The molecule has 2 aromatic heterocycles. The molecule has 2 aromatic carbocycles. The van der Waals surface area contributed by atoms with E-state index in [1.54, 1.807) is 36.7 Å². The van der Waals surface area contributed by atoms with Crippen LogP contribution in [0.5, 0.6) is 5.75 Å². The quantitative estimate of drug-likeness (QED) is 0.0399. The van der Waals surface area contributed by atoms with Crippen molar-refractivity contribution in [3.63, 3.8) is 0 Å². The third-order valence-corrected chi connectivity index (χ3v) is 10.9. The van der Waals surface area contributed by atoms with Gasteiger partial charge in [-0.2, -0.15) is 0 Å². The number of guanidine groups is 1. The van der Waals surface area contributed by atoms with Crippen LogP contribution in [-0.4, -0.2) is 68.9 Å². The van der Waals surface area contributed by atoms with E-state index in [1.165, 1.54) is 11.6 Å². The molecule has 0 saturated heterocycles. The molecule has 1 atom stereocenters. The normalized spacial score (nSPS) is 15.5. The van der Waals surface area contributed by atoms with E-state index in [2.05, 4.69) is 30.9 Å². The molecule has 0 unspecified atom stereocenters. The highest BCUT2D eigenvalue weighted by Crippen LogP contribution is 2.44. The molecular weight excluding hydrogens is 748 g/mol. The van der Waals surface area contributed by atoms with Gasteiger partial charge >= 0.3 is 0 Å². The van der Waals surface area contributed by atoms with Gasteiger partial charge in [0.1, 0.15) is 17.3 Å². The summed E-state index contributed by atoms with van der Waals surface area (Å²) >= 11 is 6.12. The van der Waals surface area contributed by atoms with Crippen molar-refractivity contribution >= 4 is 63.9 Å². The smallest absolute Gasteiger partial charge is 0.252 e. The molecule has 57 heavy (non-hydrogen) atoms. The number of aliphatic imine (C=N–C) groups is 1. The van der Waals surface area contributed by atoms with E-state index in [0.29, 0.717) is 71.7 Å². The molecule has 0 spiro atoms. The van der Waals surface area contributed by atoms with Crippen LogP contribution in [0, 0.1) is 0 Å². The Balaban J connectivity index is 1.16. The van der Waals surface area contributed by atoms with Crippen LogP contribution >= 0.6 is 11.6 Å². The number of amides is 4. The Morgan fingerprint density at radius 3 is 2.44 bits per heavy atom. The molecular formula is C41H49ClN10O5. The summed E-state index contributed by atoms with van der Waals surface area (Å²) in [6.45, 7) is 2.44. The van der Waals surface area contributed by atoms with Gasteiger partial charge in [0.25, 0.3) is 5.91 Å². The van der Waals surface area contributed by atoms with E-state index < -0.39 is 23.4 Å². The lowest BCUT2D eigenvalue weighted by atomic mass is 9.75. The molecule has 300 valence electrons. The summed E-state index contributed by atoms with van der Waals surface area (Å²) in [6.07, 6.45) is 12.9. The van der Waals surface area contributed by atoms with Gasteiger partial charge in [0.05, 0.1) is 17.3 Å². The lowest BCUT2D eigenvalue weighted by Gasteiger charge is -2.40. The topological polar surface area (TPSA) is 235 Å². The van der Waals surface area contributed by atoms with E-state index in [9.17, 15) is 19.2 Å². The van der Waals surface area contributed by atoms with Crippen molar-refractivity contribution in [2.75, 3.05) is 18.5 Å². The molecule has 15 nitrogen and oxygen atoms in total. The average Bonchev–Trinajstić information content (AvgIpc) is 3.80. The summed E-state index contributed by atoms with van der Waals surface area (Å²) in [4.78, 5) is 65.3. The Bertz CT molecular complexity index is 2200. The fourth-order valence-electron chi connectivity index (χ4n) is 7.62. The number of aryl methyl sites for hydroxylation is 1. The summed E-state index contributed by atoms with van der Waals surface area (Å²) in [7, 11) is 1.96. The Morgan fingerprint density at radius 1 is 1.05 bits per heavy atom. The summed E-state index contributed by atoms with van der Waals surface area (Å²) in [5, 5.41) is 10.1. The van der Waals surface area contributed by atoms with Gasteiger partial charge in [-0.25, -0.2) is 9.97 Å². The van der Waals surface area contributed by atoms with Crippen molar-refractivity contribution in [2.45, 2.75) is 82.2 Å². The van der Waals surface area contributed by atoms with Gasteiger partial charge in [-0.1, -0.05) is 30.5 Å². The molecule has 0 aliphatic heterocycles. The van der Waals surface area contributed by atoms with E-state index in [-0.39, 0.29) is 24.2 Å². The number of nitrogens with two attached hydrogens (primary N) is 3. The Morgan fingerprint density at radius 2 is 1.79 bits per heavy atom. The van der Waals surface area contributed by atoms with Crippen molar-refractivity contribution in [3.8, 4) is 17.3 Å². The minimum absolute atomic E-state index is 0.0611. The molecule has 0 bridgehead atoms. The minimum Gasteiger partial charge on any atom is -0.493 e. The molecule has 2 heterocycles. The van der Waals surface area contributed by atoms with E-state index in [4.69, 9.17) is 33.5 Å². The van der Waals surface area contributed by atoms with Crippen molar-refractivity contribution < 1.29 is 23.9 Å². The lowest BCUT2D eigenvalue weighted by Crippen LogP contribution is -2.61. The van der Waals surface area contributed by atoms with E-state index >= 15 is 0 Å². The van der Waals surface area contributed by atoms with Gasteiger partial charge in [0, 0.05) is 65.8 Å². The number of primary amides is 1. The molecule has 9 N–H and O–H groups in total. The maximum absolute atomic E-state index is 13.9. The summed E-state index contributed by atoms with van der Waals surface area (Å²) in [5.74, 6) is -0.588. The minimum atomic E-state index is -1.10. The first-order chi connectivity index (χ1) is 27.4. The molecule has 4 amide bonds. The second-order valence-corrected chi connectivity index (χ2v) is 15.0. The molecule has 0 radical (unpaired) electrons. The maximum atomic E-state index is 13.9. The fraction of sp³-hybridized carbons (Fsp3) is 0.390. The number of fused-ring (bicyclic) bond motifs is 1. The number of benzene rings is 2. The van der Waals surface area contributed by atoms with E-state index in [1.807, 2.05) is 36.7 Å². The number of ether oxygens (including phenoxy) is 1. The number of hydrogen-bond donors (Lipinski definition) is 6. The number of anilines is 1. The Hall–Kier alpha value is -5.96.